The highest BCUT2D eigenvalue weighted by Gasteiger charge is 2.14. The van der Waals surface area contributed by atoms with Crippen molar-refractivity contribution in [3.8, 4) is 34.0 Å². The Kier molecular flexibility index (Phi) is 4.89. The first kappa shape index (κ1) is 18.9. The van der Waals surface area contributed by atoms with Crippen LogP contribution in [0, 0.1) is 0 Å². The first-order valence-corrected chi connectivity index (χ1v) is 9.72. The van der Waals surface area contributed by atoms with E-state index in [2.05, 4.69) is 73.9 Å². The fourth-order valence-electron chi connectivity index (χ4n) is 3.19. The summed E-state index contributed by atoms with van der Waals surface area (Å²) in [4.78, 5) is 0. The number of benzene rings is 3. The van der Waals surface area contributed by atoms with Gasteiger partial charge in [-0.05, 0) is 51.9 Å². The summed E-state index contributed by atoms with van der Waals surface area (Å²) in [7, 11) is 0. The van der Waals surface area contributed by atoms with E-state index in [1.807, 2.05) is 36.4 Å². The fourth-order valence-corrected chi connectivity index (χ4v) is 3.19. The first-order chi connectivity index (χ1) is 13.9. The molecule has 0 aliphatic heterocycles. The molecule has 0 N–H and O–H groups in total. The summed E-state index contributed by atoms with van der Waals surface area (Å²) in [5.74, 6) is 1.03. The Balaban J connectivity index is 1.55. The molecule has 0 saturated heterocycles. The second kappa shape index (κ2) is 7.51. The smallest absolute Gasteiger partial charge is 0.248 e. The summed E-state index contributed by atoms with van der Waals surface area (Å²) in [6, 6.07) is 24.8. The maximum atomic E-state index is 5.88. The van der Waals surface area contributed by atoms with Gasteiger partial charge >= 0.3 is 0 Å². The molecule has 0 aliphatic carbocycles. The van der Waals surface area contributed by atoms with Gasteiger partial charge in [-0.2, -0.15) is 0 Å². The molecule has 29 heavy (non-hydrogen) atoms. The van der Waals surface area contributed by atoms with Crippen LogP contribution in [0.15, 0.2) is 83.8 Å². The van der Waals surface area contributed by atoms with E-state index in [0.29, 0.717) is 11.8 Å². The third-order valence-electron chi connectivity index (χ3n) is 5.03. The molecule has 3 nitrogen and oxygen atoms in total. The van der Waals surface area contributed by atoms with Crippen molar-refractivity contribution in [3.05, 3.63) is 90.5 Å². The lowest BCUT2D eigenvalue weighted by Gasteiger charge is -2.19. The molecule has 0 radical (unpaired) electrons. The predicted octanol–water partition coefficient (Wildman–Crippen LogP) is 7.01. The molecule has 0 bridgehead atoms. The average Bonchev–Trinajstić information content (AvgIpc) is 3.24. The van der Waals surface area contributed by atoms with E-state index in [9.17, 15) is 0 Å². The van der Waals surface area contributed by atoms with E-state index < -0.39 is 0 Å². The fraction of sp³-hybridized carbons (Fsp3) is 0.154. The molecule has 0 aliphatic rings. The highest BCUT2D eigenvalue weighted by atomic mass is 16.4. The highest BCUT2D eigenvalue weighted by Crippen LogP contribution is 2.29. The van der Waals surface area contributed by atoms with Crippen LogP contribution in [0.1, 0.15) is 31.9 Å². The minimum Gasteiger partial charge on any atom is -0.416 e. The van der Waals surface area contributed by atoms with Crippen LogP contribution >= 0.6 is 0 Å². The van der Waals surface area contributed by atoms with Crippen molar-refractivity contribution in [1.29, 1.82) is 0 Å². The van der Waals surface area contributed by atoms with Gasteiger partial charge in [0.2, 0.25) is 11.8 Å². The molecule has 1 heterocycles. The number of hydrogen-bond acceptors (Lipinski definition) is 3. The Morgan fingerprint density at radius 3 is 1.52 bits per heavy atom. The van der Waals surface area contributed by atoms with Crippen molar-refractivity contribution >= 4 is 6.08 Å². The van der Waals surface area contributed by atoms with Crippen molar-refractivity contribution in [2.75, 3.05) is 0 Å². The summed E-state index contributed by atoms with van der Waals surface area (Å²) in [5, 5.41) is 8.40. The van der Waals surface area contributed by atoms with Gasteiger partial charge in [0.25, 0.3) is 0 Å². The zero-order valence-corrected chi connectivity index (χ0v) is 17.0. The second-order valence-electron chi connectivity index (χ2n) is 8.14. The second-order valence-corrected chi connectivity index (χ2v) is 8.14. The summed E-state index contributed by atoms with van der Waals surface area (Å²) in [6.07, 6.45) is 1.81. The number of rotatable bonds is 4. The van der Waals surface area contributed by atoms with E-state index in [1.54, 1.807) is 6.08 Å². The molecule has 0 amide bonds. The largest absolute Gasteiger partial charge is 0.416 e. The predicted molar refractivity (Wildman–Crippen MR) is 119 cm³/mol. The number of hydrogen-bond donors (Lipinski definition) is 0. The van der Waals surface area contributed by atoms with Crippen molar-refractivity contribution in [2.24, 2.45) is 0 Å². The molecular weight excluding hydrogens is 356 g/mol. The summed E-state index contributed by atoms with van der Waals surface area (Å²) in [5.41, 5.74) is 6.69. The Hall–Kier alpha value is -3.46. The van der Waals surface area contributed by atoms with E-state index in [1.165, 1.54) is 11.1 Å². The first-order valence-electron chi connectivity index (χ1n) is 9.72. The summed E-state index contributed by atoms with van der Waals surface area (Å²) >= 11 is 0. The van der Waals surface area contributed by atoms with Gasteiger partial charge in [-0.1, -0.05) is 82.0 Å². The third-order valence-corrected chi connectivity index (χ3v) is 5.03. The Morgan fingerprint density at radius 2 is 1.07 bits per heavy atom. The monoisotopic (exact) mass is 380 g/mol. The summed E-state index contributed by atoms with van der Waals surface area (Å²) < 4.78 is 5.88. The minimum absolute atomic E-state index is 0.157. The molecule has 3 aromatic carbocycles. The lowest BCUT2D eigenvalue weighted by molar-refractivity contribution is 0.584. The maximum Gasteiger partial charge on any atom is 0.248 e. The van der Waals surface area contributed by atoms with Crippen LogP contribution in [0.3, 0.4) is 0 Å². The minimum atomic E-state index is 0.157. The molecule has 4 aromatic rings. The average molecular weight is 380 g/mol. The maximum absolute atomic E-state index is 5.88. The lowest BCUT2D eigenvalue weighted by Crippen LogP contribution is -2.10. The van der Waals surface area contributed by atoms with Crippen LogP contribution in [0.25, 0.3) is 40.1 Å². The number of aromatic nitrogens is 2. The van der Waals surface area contributed by atoms with Crippen LogP contribution in [0.5, 0.6) is 0 Å². The zero-order valence-electron chi connectivity index (χ0n) is 17.0. The third kappa shape index (κ3) is 4.04. The van der Waals surface area contributed by atoms with Gasteiger partial charge < -0.3 is 4.42 Å². The van der Waals surface area contributed by atoms with Crippen LogP contribution < -0.4 is 0 Å². The van der Waals surface area contributed by atoms with E-state index in [0.717, 1.165) is 22.3 Å². The Bertz CT molecular complexity index is 1110. The Morgan fingerprint density at radius 1 is 0.655 bits per heavy atom. The normalized spacial score (nSPS) is 11.4. The van der Waals surface area contributed by atoms with E-state index in [4.69, 9.17) is 4.42 Å². The van der Waals surface area contributed by atoms with Crippen LogP contribution in [0.2, 0.25) is 0 Å². The van der Waals surface area contributed by atoms with Gasteiger partial charge in [0.15, 0.2) is 0 Å². The van der Waals surface area contributed by atoms with Crippen molar-refractivity contribution in [2.45, 2.75) is 26.2 Å². The van der Waals surface area contributed by atoms with Crippen LogP contribution in [-0.4, -0.2) is 10.2 Å². The molecule has 144 valence electrons. The molecule has 0 fully saturated rings. The molecule has 4 rings (SSSR count). The summed E-state index contributed by atoms with van der Waals surface area (Å²) in [6.45, 7) is 10.4. The topological polar surface area (TPSA) is 38.9 Å². The quantitative estimate of drug-likeness (QED) is 0.382. The molecule has 0 saturated carbocycles. The van der Waals surface area contributed by atoms with Crippen LogP contribution in [0.4, 0.5) is 0 Å². The van der Waals surface area contributed by atoms with E-state index in [-0.39, 0.29) is 5.41 Å². The van der Waals surface area contributed by atoms with Crippen LogP contribution in [-0.2, 0) is 5.41 Å². The van der Waals surface area contributed by atoms with Crippen molar-refractivity contribution < 1.29 is 4.42 Å². The highest BCUT2D eigenvalue weighted by molar-refractivity contribution is 5.68. The SMILES string of the molecule is C=Cc1ccc(-c2nnc(-c3ccc(-c4ccc(C(C)(C)C)cc4)cc3)o2)cc1. The molecule has 0 atom stereocenters. The van der Waals surface area contributed by atoms with E-state index >= 15 is 0 Å². The van der Waals surface area contributed by atoms with Gasteiger partial charge in [-0.3, -0.25) is 0 Å². The molecule has 0 spiro atoms. The van der Waals surface area contributed by atoms with Gasteiger partial charge in [0, 0.05) is 11.1 Å². The standard InChI is InChI=1S/C26H24N2O/c1-5-18-6-8-21(9-7-18)24-27-28-25(29-24)22-12-10-19(11-13-22)20-14-16-23(17-15-20)26(2,3)4/h5-17H,1H2,2-4H3. The Labute approximate surface area is 171 Å². The molecular formula is C26H24N2O. The van der Waals surface area contributed by atoms with Crippen molar-refractivity contribution in [1.82, 2.24) is 10.2 Å². The van der Waals surface area contributed by atoms with Gasteiger partial charge in [-0.25, -0.2) is 0 Å². The van der Waals surface area contributed by atoms with Gasteiger partial charge in [0.05, 0.1) is 0 Å². The number of nitrogens with zero attached hydrogens (tertiary/aromatic N) is 2. The lowest BCUT2D eigenvalue weighted by atomic mass is 9.86. The van der Waals surface area contributed by atoms with Gasteiger partial charge in [-0.15, -0.1) is 10.2 Å². The molecule has 0 unspecified atom stereocenters. The van der Waals surface area contributed by atoms with Gasteiger partial charge in [0.1, 0.15) is 0 Å². The molecule has 1 aromatic heterocycles. The molecule has 3 heteroatoms. The zero-order chi connectivity index (χ0) is 20.4. The van der Waals surface area contributed by atoms with Crippen molar-refractivity contribution in [3.63, 3.8) is 0 Å².